The van der Waals surface area contributed by atoms with Crippen molar-refractivity contribution < 1.29 is 14.3 Å². The molecule has 0 aromatic heterocycles. The van der Waals surface area contributed by atoms with E-state index in [1.54, 1.807) is 4.90 Å². The quantitative estimate of drug-likeness (QED) is 0.699. The number of rotatable bonds is 5. The Morgan fingerprint density at radius 3 is 2.37 bits per heavy atom. The molecule has 1 saturated carbocycles. The molecule has 2 heterocycles. The summed E-state index contributed by atoms with van der Waals surface area (Å²) in [5, 5.41) is 15.9. The fourth-order valence-electron chi connectivity index (χ4n) is 6.38. The van der Waals surface area contributed by atoms with Crippen LogP contribution in [0.2, 0.25) is 0 Å². The molecule has 2 aliphatic heterocycles. The fraction of sp³-hybridized carbons (Fsp3) is 0.464. The van der Waals surface area contributed by atoms with Crippen molar-refractivity contribution in [3.8, 4) is 17.2 Å². The first-order valence-corrected chi connectivity index (χ1v) is 12.7. The highest BCUT2D eigenvalue weighted by Gasteiger charge is 2.55. The molecule has 2 aliphatic carbocycles. The van der Waals surface area contributed by atoms with E-state index >= 15 is 0 Å². The minimum atomic E-state index is -0.664. The maximum absolute atomic E-state index is 13.7. The van der Waals surface area contributed by atoms with E-state index in [1.165, 1.54) is 11.1 Å². The molecule has 7 nitrogen and oxygen atoms in total. The molecule has 180 valence electrons. The summed E-state index contributed by atoms with van der Waals surface area (Å²) in [4.78, 5) is 28.5. The zero-order valence-electron chi connectivity index (χ0n) is 19.7. The van der Waals surface area contributed by atoms with Gasteiger partial charge in [-0.25, -0.2) is 4.79 Å². The maximum Gasteiger partial charge on any atom is 0.407 e. The van der Waals surface area contributed by atoms with Gasteiger partial charge >= 0.3 is 6.09 Å². The molecule has 0 radical (unpaired) electrons. The van der Waals surface area contributed by atoms with Gasteiger partial charge in [0.05, 0.1) is 6.07 Å². The fourth-order valence-corrected chi connectivity index (χ4v) is 6.38. The molecule has 7 heteroatoms. The number of carbonyl (C=O) groups excluding carboxylic acids is 2. The zero-order chi connectivity index (χ0) is 23.9. The number of piperidine rings is 2. The number of nitrogens with one attached hydrogen (secondary N) is 2. The molecule has 2 aromatic rings. The zero-order valence-corrected chi connectivity index (χ0v) is 19.7. The molecule has 35 heavy (non-hydrogen) atoms. The normalized spacial score (nSPS) is 25.7. The largest absolute Gasteiger partial charge is 0.449 e. The van der Waals surface area contributed by atoms with Gasteiger partial charge in [0, 0.05) is 12.0 Å². The third kappa shape index (κ3) is 3.96. The van der Waals surface area contributed by atoms with Crippen LogP contribution in [-0.2, 0) is 9.53 Å². The van der Waals surface area contributed by atoms with Crippen molar-refractivity contribution in [1.82, 2.24) is 15.5 Å². The minimum Gasteiger partial charge on any atom is -0.449 e. The van der Waals surface area contributed by atoms with E-state index < -0.39 is 12.1 Å². The average Bonchev–Trinajstić information content (AvgIpc) is 3.45. The number of benzene rings is 2. The summed E-state index contributed by atoms with van der Waals surface area (Å²) in [6, 6.07) is 17.9. The van der Waals surface area contributed by atoms with Crippen LogP contribution in [-0.4, -0.2) is 54.7 Å². The van der Waals surface area contributed by atoms with E-state index in [2.05, 4.69) is 41.0 Å². The van der Waals surface area contributed by atoms with Gasteiger partial charge in [-0.2, -0.15) is 5.26 Å². The standard InChI is InChI=1S/C28H30N4O3/c29-15-19-13-18-14-25(18)32(19)27(33)26(17-9-11-30-12-10-17)31-28(34)35-16-24-22-7-3-1-5-20(22)21-6-2-4-8-23(21)24/h1-8,17-19,24-26,30H,9-14,16H2,(H,31,34)/t18-,19+,25+,26+/m1/s1. The van der Waals surface area contributed by atoms with E-state index in [0.717, 1.165) is 49.9 Å². The number of nitriles is 1. The maximum atomic E-state index is 13.7. The van der Waals surface area contributed by atoms with E-state index in [0.29, 0.717) is 5.92 Å². The first-order chi connectivity index (χ1) is 17.2. The Morgan fingerprint density at radius 1 is 1.06 bits per heavy atom. The highest BCUT2D eigenvalue weighted by Crippen LogP contribution is 2.48. The lowest BCUT2D eigenvalue weighted by Crippen LogP contribution is -2.55. The lowest BCUT2D eigenvalue weighted by molar-refractivity contribution is -0.136. The SMILES string of the molecule is N#C[C@@H]1C[C@@H]2C[C@@H]2N1C(=O)[C@@H](NC(=O)OCC1c2ccccc2-c2ccccc21)C1CCNCC1. The van der Waals surface area contributed by atoms with E-state index in [9.17, 15) is 14.9 Å². The molecule has 4 atom stereocenters. The van der Waals surface area contributed by atoms with Gasteiger partial charge in [-0.05, 0) is 72.9 Å². The Labute approximate surface area is 205 Å². The van der Waals surface area contributed by atoms with Crippen molar-refractivity contribution in [2.75, 3.05) is 19.7 Å². The van der Waals surface area contributed by atoms with Crippen molar-refractivity contribution >= 4 is 12.0 Å². The summed E-state index contributed by atoms with van der Waals surface area (Å²) < 4.78 is 5.76. The molecule has 0 spiro atoms. The van der Waals surface area contributed by atoms with Crippen LogP contribution in [0.5, 0.6) is 0 Å². The van der Waals surface area contributed by atoms with Crippen molar-refractivity contribution in [1.29, 1.82) is 5.26 Å². The van der Waals surface area contributed by atoms with Crippen LogP contribution in [0.25, 0.3) is 11.1 Å². The second-order valence-corrected chi connectivity index (χ2v) is 10.2. The lowest BCUT2D eigenvalue weighted by Gasteiger charge is -2.34. The summed E-state index contributed by atoms with van der Waals surface area (Å²) in [5.74, 6) is 0.310. The van der Waals surface area contributed by atoms with Crippen molar-refractivity contribution in [3.05, 3.63) is 59.7 Å². The number of likely N-dealkylation sites (tertiary alicyclic amines) is 1. The van der Waals surface area contributed by atoms with Crippen LogP contribution in [0.3, 0.4) is 0 Å². The van der Waals surface area contributed by atoms with Crippen molar-refractivity contribution in [3.63, 3.8) is 0 Å². The van der Waals surface area contributed by atoms with E-state index in [-0.39, 0.29) is 36.4 Å². The van der Waals surface area contributed by atoms with Gasteiger partial charge in [0.15, 0.2) is 0 Å². The summed E-state index contributed by atoms with van der Waals surface area (Å²) in [6.07, 6.45) is 2.76. The molecule has 2 saturated heterocycles. The first-order valence-electron chi connectivity index (χ1n) is 12.7. The van der Waals surface area contributed by atoms with E-state index in [4.69, 9.17) is 4.74 Å². The number of amides is 2. The average molecular weight is 471 g/mol. The molecule has 3 fully saturated rings. The molecule has 6 rings (SSSR count). The number of alkyl carbamates (subject to hydrolysis) is 1. The molecule has 2 N–H and O–H groups in total. The van der Waals surface area contributed by atoms with Crippen LogP contribution in [0.15, 0.2) is 48.5 Å². The van der Waals surface area contributed by atoms with Gasteiger partial charge in [-0.15, -0.1) is 0 Å². The van der Waals surface area contributed by atoms with Crippen molar-refractivity contribution in [2.24, 2.45) is 11.8 Å². The molecule has 2 amide bonds. The van der Waals surface area contributed by atoms with Crippen molar-refractivity contribution in [2.45, 2.75) is 49.7 Å². The summed E-state index contributed by atoms with van der Waals surface area (Å²) in [7, 11) is 0. The summed E-state index contributed by atoms with van der Waals surface area (Å²) in [5.41, 5.74) is 4.66. The highest BCUT2D eigenvalue weighted by molar-refractivity contribution is 5.87. The lowest BCUT2D eigenvalue weighted by atomic mass is 9.89. The monoisotopic (exact) mass is 470 g/mol. The van der Waals surface area contributed by atoms with Gasteiger partial charge in [0.2, 0.25) is 5.91 Å². The topological polar surface area (TPSA) is 94.5 Å². The number of carbonyl (C=O) groups is 2. The van der Waals surface area contributed by atoms with Gasteiger partial charge in [-0.1, -0.05) is 48.5 Å². The predicted octanol–water partition coefficient (Wildman–Crippen LogP) is 3.41. The molecular weight excluding hydrogens is 440 g/mol. The molecular formula is C28H30N4O3. The Bertz CT molecular complexity index is 1140. The van der Waals surface area contributed by atoms with Gasteiger partial charge in [0.1, 0.15) is 18.7 Å². The Balaban J connectivity index is 1.18. The molecule has 0 unspecified atom stereocenters. The molecule has 0 bridgehead atoms. The summed E-state index contributed by atoms with van der Waals surface area (Å²) in [6.45, 7) is 1.84. The molecule has 4 aliphatic rings. The number of hydrogen-bond acceptors (Lipinski definition) is 5. The summed E-state index contributed by atoms with van der Waals surface area (Å²) >= 11 is 0. The van der Waals surface area contributed by atoms with Crippen LogP contribution >= 0.6 is 0 Å². The van der Waals surface area contributed by atoms with Crippen LogP contribution in [0.4, 0.5) is 4.79 Å². The van der Waals surface area contributed by atoms with Crippen LogP contribution < -0.4 is 10.6 Å². The third-order valence-electron chi connectivity index (χ3n) is 8.25. The Morgan fingerprint density at radius 2 is 1.71 bits per heavy atom. The number of hydrogen-bond donors (Lipinski definition) is 2. The van der Waals surface area contributed by atoms with Crippen LogP contribution in [0, 0.1) is 23.2 Å². The smallest absolute Gasteiger partial charge is 0.407 e. The number of nitrogens with zero attached hydrogens (tertiary/aromatic N) is 2. The second kappa shape index (κ2) is 9.01. The highest BCUT2D eigenvalue weighted by atomic mass is 16.5. The number of fused-ring (bicyclic) bond motifs is 4. The molecule has 2 aromatic carbocycles. The first kappa shape index (κ1) is 22.1. The van der Waals surface area contributed by atoms with Crippen LogP contribution in [0.1, 0.15) is 42.7 Å². The van der Waals surface area contributed by atoms with Gasteiger partial charge in [0.25, 0.3) is 0 Å². The Hall–Kier alpha value is -3.37. The Kier molecular flexibility index (Phi) is 5.69. The number of ether oxygens (including phenoxy) is 1. The third-order valence-corrected chi connectivity index (χ3v) is 8.25. The van der Waals surface area contributed by atoms with Gasteiger partial charge < -0.3 is 20.3 Å². The van der Waals surface area contributed by atoms with E-state index in [1.807, 2.05) is 24.3 Å². The predicted molar refractivity (Wildman–Crippen MR) is 130 cm³/mol. The van der Waals surface area contributed by atoms with Gasteiger partial charge in [-0.3, -0.25) is 4.79 Å². The second-order valence-electron chi connectivity index (χ2n) is 10.2. The minimum absolute atomic E-state index is 0.0291.